The van der Waals surface area contributed by atoms with Crippen molar-refractivity contribution in [2.45, 2.75) is 25.9 Å². The maximum Gasteiger partial charge on any atom is 0.244 e. The van der Waals surface area contributed by atoms with Crippen LogP contribution < -0.4 is 5.32 Å². The SMILES string of the molecule is CC(C(=O)NCc1cc(C#CCCO)cs1)n1cccn1. The molecule has 5 nitrogen and oxygen atoms in total. The number of hydrogen-bond acceptors (Lipinski definition) is 4. The van der Waals surface area contributed by atoms with Gasteiger partial charge in [-0.1, -0.05) is 11.8 Å². The van der Waals surface area contributed by atoms with Crippen LogP contribution in [0, 0.1) is 11.8 Å². The van der Waals surface area contributed by atoms with Gasteiger partial charge in [0.15, 0.2) is 0 Å². The first kappa shape index (κ1) is 15.3. The summed E-state index contributed by atoms with van der Waals surface area (Å²) in [5, 5.41) is 17.6. The van der Waals surface area contributed by atoms with E-state index in [0.717, 1.165) is 10.4 Å². The lowest BCUT2D eigenvalue weighted by Gasteiger charge is -2.11. The molecule has 1 atom stereocenters. The van der Waals surface area contributed by atoms with Crippen LogP contribution in [0.25, 0.3) is 0 Å². The highest BCUT2D eigenvalue weighted by atomic mass is 32.1. The topological polar surface area (TPSA) is 67.2 Å². The first-order valence-corrected chi connectivity index (χ1v) is 7.52. The van der Waals surface area contributed by atoms with Crippen LogP contribution in [-0.4, -0.2) is 27.4 Å². The minimum atomic E-state index is -0.330. The number of aliphatic hydroxyl groups excluding tert-OH is 1. The molecule has 0 bridgehead atoms. The minimum absolute atomic E-state index is 0.0694. The molecule has 0 aliphatic heterocycles. The van der Waals surface area contributed by atoms with E-state index in [1.165, 1.54) is 0 Å². The Bertz CT molecular complexity index is 637. The largest absolute Gasteiger partial charge is 0.395 e. The number of nitrogens with zero attached hydrogens (tertiary/aromatic N) is 2. The smallest absolute Gasteiger partial charge is 0.244 e. The summed E-state index contributed by atoms with van der Waals surface area (Å²) in [5.41, 5.74) is 0.915. The van der Waals surface area contributed by atoms with Crippen LogP contribution in [0.2, 0.25) is 0 Å². The van der Waals surface area contributed by atoms with Gasteiger partial charge >= 0.3 is 0 Å². The van der Waals surface area contributed by atoms with E-state index in [-0.39, 0.29) is 18.6 Å². The van der Waals surface area contributed by atoms with Gasteiger partial charge < -0.3 is 10.4 Å². The summed E-state index contributed by atoms with van der Waals surface area (Å²) in [4.78, 5) is 13.1. The zero-order chi connectivity index (χ0) is 15.1. The van der Waals surface area contributed by atoms with E-state index >= 15 is 0 Å². The third kappa shape index (κ3) is 4.45. The predicted molar refractivity (Wildman–Crippen MR) is 81.7 cm³/mol. The van der Waals surface area contributed by atoms with Crippen LogP contribution in [0.4, 0.5) is 0 Å². The fourth-order valence-electron chi connectivity index (χ4n) is 1.71. The average molecular weight is 303 g/mol. The number of carbonyl (C=O) groups excluding carboxylic acids is 1. The van der Waals surface area contributed by atoms with Crippen molar-refractivity contribution in [3.8, 4) is 11.8 Å². The molecule has 21 heavy (non-hydrogen) atoms. The van der Waals surface area contributed by atoms with Gasteiger partial charge in [-0.15, -0.1) is 11.3 Å². The van der Waals surface area contributed by atoms with Crippen LogP contribution >= 0.6 is 11.3 Å². The predicted octanol–water partition coefficient (Wildman–Crippen LogP) is 1.56. The number of carbonyl (C=O) groups is 1. The van der Waals surface area contributed by atoms with E-state index in [4.69, 9.17) is 5.11 Å². The molecule has 2 N–H and O–H groups in total. The molecule has 0 saturated carbocycles. The van der Waals surface area contributed by atoms with Gasteiger partial charge in [0, 0.05) is 34.6 Å². The van der Waals surface area contributed by atoms with Crippen LogP contribution in [0.15, 0.2) is 29.9 Å². The second-order valence-electron chi connectivity index (χ2n) is 4.46. The summed E-state index contributed by atoms with van der Waals surface area (Å²) in [5.74, 6) is 5.78. The Morgan fingerprint density at radius 3 is 3.19 bits per heavy atom. The third-order valence-electron chi connectivity index (χ3n) is 2.86. The van der Waals surface area contributed by atoms with Crippen molar-refractivity contribution in [1.29, 1.82) is 0 Å². The summed E-state index contributed by atoms with van der Waals surface area (Å²) < 4.78 is 1.62. The Hall–Kier alpha value is -2.10. The average Bonchev–Trinajstić information content (AvgIpc) is 3.16. The molecule has 2 aromatic heterocycles. The van der Waals surface area contributed by atoms with Crippen LogP contribution in [-0.2, 0) is 11.3 Å². The van der Waals surface area contributed by atoms with Gasteiger partial charge in [-0.3, -0.25) is 9.48 Å². The molecule has 2 aromatic rings. The van der Waals surface area contributed by atoms with Crippen LogP contribution in [0.3, 0.4) is 0 Å². The summed E-state index contributed by atoms with van der Waals surface area (Å²) in [6.45, 7) is 2.37. The molecule has 6 heteroatoms. The van der Waals surface area contributed by atoms with E-state index in [2.05, 4.69) is 22.3 Å². The molecular weight excluding hydrogens is 286 g/mol. The number of nitrogens with one attached hydrogen (secondary N) is 1. The molecular formula is C15H17N3O2S. The van der Waals surface area contributed by atoms with Gasteiger partial charge in [-0.25, -0.2) is 0 Å². The molecule has 2 heterocycles. The molecule has 1 unspecified atom stereocenters. The number of thiophene rings is 1. The molecule has 0 fully saturated rings. The highest BCUT2D eigenvalue weighted by Crippen LogP contribution is 2.14. The second kappa shape index (κ2) is 7.62. The zero-order valence-corrected chi connectivity index (χ0v) is 12.6. The van der Waals surface area contributed by atoms with Crippen molar-refractivity contribution in [3.63, 3.8) is 0 Å². The van der Waals surface area contributed by atoms with E-state index in [9.17, 15) is 4.79 Å². The van der Waals surface area contributed by atoms with Gasteiger partial charge in [-0.05, 0) is 19.1 Å². The first-order valence-electron chi connectivity index (χ1n) is 6.64. The van der Waals surface area contributed by atoms with Crippen molar-refractivity contribution in [1.82, 2.24) is 15.1 Å². The first-order chi connectivity index (χ1) is 10.2. The monoisotopic (exact) mass is 303 g/mol. The highest BCUT2D eigenvalue weighted by Gasteiger charge is 2.14. The number of aromatic nitrogens is 2. The zero-order valence-electron chi connectivity index (χ0n) is 11.7. The van der Waals surface area contributed by atoms with Crippen molar-refractivity contribution in [3.05, 3.63) is 40.3 Å². The molecule has 2 rings (SSSR count). The van der Waals surface area contributed by atoms with Gasteiger partial charge in [-0.2, -0.15) is 5.10 Å². The lowest BCUT2D eigenvalue weighted by molar-refractivity contribution is -0.124. The van der Waals surface area contributed by atoms with Crippen molar-refractivity contribution in [2.75, 3.05) is 6.61 Å². The molecule has 0 aliphatic carbocycles. The van der Waals surface area contributed by atoms with Gasteiger partial charge in [0.05, 0.1) is 13.2 Å². The number of rotatable bonds is 5. The highest BCUT2D eigenvalue weighted by molar-refractivity contribution is 7.10. The summed E-state index contributed by atoms with van der Waals surface area (Å²) in [7, 11) is 0. The van der Waals surface area contributed by atoms with Gasteiger partial charge in [0.2, 0.25) is 5.91 Å². The maximum absolute atomic E-state index is 12.0. The van der Waals surface area contributed by atoms with E-state index in [1.54, 1.807) is 34.5 Å². The third-order valence-corrected chi connectivity index (χ3v) is 3.80. The lowest BCUT2D eigenvalue weighted by atomic mass is 10.3. The minimum Gasteiger partial charge on any atom is -0.395 e. The number of hydrogen-bond donors (Lipinski definition) is 2. The fourth-order valence-corrected chi connectivity index (χ4v) is 2.47. The van der Waals surface area contributed by atoms with Crippen molar-refractivity contribution < 1.29 is 9.90 Å². The standard InChI is InChI=1S/C15H17N3O2S/c1-12(18-7-4-6-17-18)15(20)16-10-14-9-13(11-21-14)5-2-3-8-19/h4,6-7,9,11-12,19H,3,8,10H2,1H3,(H,16,20). The van der Waals surface area contributed by atoms with E-state index in [1.807, 2.05) is 18.4 Å². The molecule has 0 aliphatic rings. The molecule has 0 radical (unpaired) electrons. The van der Waals surface area contributed by atoms with Crippen molar-refractivity contribution >= 4 is 17.2 Å². The van der Waals surface area contributed by atoms with Crippen LogP contribution in [0.5, 0.6) is 0 Å². The quantitative estimate of drug-likeness (QED) is 0.824. The Morgan fingerprint density at radius 1 is 1.62 bits per heavy atom. The Morgan fingerprint density at radius 2 is 2.48 bits per heavy atom. The second-order valence-corrected chi connectivity index (χ2v) is 5.45. The fraction of sp³-hybridized carbons (Fsp3) is 0.333. The summed E-state index contributed by atoms with van der Waals surface area (Å²) in [6.07, 6.45) is 3.90. The Balaban J connectivity index is 1.86. The summed E-state index contributed by atoms with van der Waals surface area (Å²) in [6, 6.07) is 3.41. The number of aliphatic hydroxyl groups is 1. The van der Waals surface area contributed by atoms with E-state index in [0.29, 0.717) is 13.0 Å². The van der Waals surface area contributed by atoms with Crippen molar-refractivity contribution in [2.24, 2.45) is 0 Å². The molecule has 0 aromatic carbocycles. The molecule has 0 spiro atoms. The molecule has 0 saturated heterocycles. The molecule has 110 valence electrons. The summed E-state index contributed by atoms with van der Waals surface area (Å²) >= 11 is 1.56. The Kier molecular flexibility index (Phi) is 5.55. The Labute approximate surface area is 127 Å². The number of amides is 1. The maximum atomic E-state index is 12.0. The van der Waals surface area contributed by atoms with Gasteiger partial charge in [0.25, 0.3) is 0 Å². The normalized spacial score (nSPS) is 11.5. The van der Waals surface area contributed by atoms with Gasteiger partial charge in [0.1, 0.15) is 6.04 Å². The lowest BCUT2D eigenvalue weighted by Crippen LogP contribution is -2.30. The van der Waals surface area contributed by atoms with E-state index < -0.39 is 0 Å². The molecule has 1 amide bonds. The van der Waals surface area contributed by atoms with Crippen LogP contribution in [0.1, 0.15) is 29.8 Å².